The van der Waals surface area contributed by atoms with Crippen molar-refractivity contribution < 1.29 is 19.4 Å². The first-order valence-electron chi connectivity index (χ1n) is 11.1. The Morgan fingerprint density at radius 1 is 1.17 bits per heavy atom. The molecule has 0 amide bonds. The minimum absolute atomic E-state index is 0.519. The van der Waals surface area contributed by atoms with Gasteiger partial charge in [-0.1, -0.05) is 35.9 Å². The Kier molecular flexibility index (Phi) is 6.05. The third kappa shape index (κ3) is 4.52. The summed E-state index contributed by atoms with van der Waals surface area (Å²) >= 11 is 6.82. The lowest BCUT2D eigenvalue weighted by molar-refractivity contribution is -0.137. The summed E-state index contributed by atoms with van der Waals surface area (Å²) in [5, 5.41) is 18.5. The van der Waals surface area contributed by atoms with Gasteiger partial charge in [0, 0.05) is 24.2 Å². The van der Waals surface area contributed by atoms with Crippen LogP contribution in [-0.2, 0) is 11.8 Å². The standard InChI is InChI=1S/C26H23ClN4O4/c1-15(26(32)33)28-14-16-6-8-19-21(12-16)31(2)30-25(19)29-20-5-3-4-18(24(20)27)17-7-9-22-23(13-17)35-11-10-34-22/h3-9,12-15H,10-11H2,1-2H3,(H,29,30)(H,32,33)/t15-/m1/s1. The molecule has 2 N–H and O–H groups in total. The van der Waals surface area contributed by atoms with E-state index in [0.29, 0.717) is 29.8 Å². The molecule has 1 aliphatic rings. The smallest absolute Gasteiger partial charge is 0.328 e. The first-order chi connectivity index (χ1) is 16.9. The van der Waals surface area contributed by atoms with Crippen molar-refractivity contribution in [2.75, 3.05) is 18.5 Å². The van der Waals surface area contributed by atoms with Crippen LogP contribution in [0.1, 0.15) is 12.5 Å². The summed E-state index contributed by atoms with van der Waals surface area (Å²) in [5.74, 6) is 1.12. The molecular formula is C26H23ClN4O4. The van der Waals surface area contributed by atoms with Gasteiger partial charge in [0.15, 0.2) is 17.3 Å². The number of carboxylic acids is 1. The zero-order chi connectivity index (χ0) is 24.5. The maximum Gasteiger partial charge on any atom is 0.328 e. The lowest BCUT2D eigenvalue weighted by atomic mass is 10.0. The fraction of sp³-hybridized carbons (Fsp3) is 0.192. The fourth-order valence-corrected chi connectivity index (χ4v) is 4.18. The van der Waals surface area contributed by atoms with Crippen LogP contribution in [0.2, 0.25) is 5.02 Å². The predicted octanol–water partition coefficient (Wildman–Crippen LogP) is 5.30. The number of hydrogen-bond acceptors (Lipinski definition) is 6. The molecule has 0 aliphatic carbocycles. The number of aliphatic imine (C=N–C) groups is 1. The van der Waals surface area contributed by atoms with Crippen molar-refractivity contribution in [1.29, 1.82) is 0 Å². The molecule has 3 aromatic carbocycles. The SMILES string of the molecule is C[C@@H](N=Cc1ccc2c(Nc3cccc(-c4ccc5c(c4)OCCO5)c3Cl)nn(C)c2c1)C(=O)O. The number of aryl methyl sites for hydroxylation is 1. The lowest BCUT2D eigenvalue weighted by Gasteiger charge is -2.19. The molecule has 0 bridgehead atoms. The molecule has 2 heterocycles. The van der Waals surface area contributed by atoms with E-state index in [0.717, 1.165) is 39.0 Å². The van der Waals surface area contributed by atoms with Crippen LogP contribution in [-0.4, -0.2) is 46.3 Å². The highest BCUT2D eigenvalue weighted by molar-refractivity contribution is 6.36. The highest BCUT2D eigenvalue weighted by Gasteiger charge is 2.16. The van der Waals surface area contributed by atoms with E-state index in [9.17, 15) is 4.79 Å². The Labute approximate surface area is 206 Å². The second-order valence-electron chi connectivity index (χ2n) is 8.19. The third-order valence-corrected chi connectivity index (χ3v) is 6.19. The van der Waals surface area contributed by atoms with Gasteiger partial charge in [0.2, 0.25) is 0 Å². The maximum absolute atomic E-state index is 11.0. The molecule has 0 spiro atoms. The van der Waals surface area contributed by atoms with Crippen molar-refractivity contribution in [2.24, 2.45) is 12.0 Å². The van der Waals surface area contributed by atoms with Gasteiger partial charge in [-0.15, -0.1) is 0 Å². The van der Waals surface area contributed by atoms with Crippen molar-refractivity contribution in [2.45, 2.75) is 13.0 Å². The van der Waals surface area contributed by atoms with Crippen LogP contribution in [0.15, 0.2) is 59.6 Å². The van der Waals surface area contributed by atoms with Crippen molar-refractivity contribution in [3.8, 4) is 22.6 Å². The van der Waals surface area contributed by atoms with Gasteiger partial charge in [-0.25, -0.2) is 4.79 Å². The molecule has 35 heavy (non-hydrogen) atoms. The van der Waals surface area contributed by atoms with Crippen LogP contribution in [0.5, 0.6) is 11.5 Å². The van der Waals surface area contributed by atoms with Gasteiger partial charge in [0.05, 0.1) is 16.2 Å². The normalized spacial score (nSPS) is 13.8. The molecule has 9 heteroatoms. The number of nitrogens with one attached hydrogen (secondary N) is 1. The summed E-state index contributed by atoms with van der Waals surface area (Å²) in [4.78, 5) is 15.1. The van der Waals surface area contributed by atoms with E-state index in [1.165, 1.54) is 6.92 Å². The van der Waals surface area contributed by atoms with Crippen molar-refractivity contribution >= 4 is 46.2 Å². The van der Waals surface area contributed by atoms with E-state index in [1.54, 1.807) is 10.9 Å². The van der Waals surface area contributed by atoms with Crippen LogP contribution in [0.4, 0.5) is 11.5 Å². The largest absolute Gasteiger partial charge is 0.486 e. The van der Waals surface area contributed by atoms with E-state index in [2.05, 4.69) is 15.4 Å². The van der Waals surface area contributed by atoms with Crippen molar-refractivity contribution in [1.82, 2.24) is 9.78 Å². The average Bonchev–Trinajstić information content (AvgIpc) is 3.17. The molecule has 0 saturated heterocycles. The van der Waals surface area contributed by atoms with Crippen LogP contribution in [0.3, 0.4) is 0 Å². The van der Waals surface area contributed by atoms with Crippen LogP contribution >= 0.6 is 11.6 Å². The van der Waals surface area contributed by atoms with E-state index < -0.39 is 12.0 Å². The molecule has 1 aromatic heterocycles. The number of carboxylic acid groups (broad SMARTS) is 1. The molecule has 1 atom stereocenters. The zero-order valence-corrected chi connectivity index (χ0v) is 19.9. The number of rotatable bonds is 6. The summed E-state index contributed by atoms with van der Waals surface area (Å²) in [7, 11) is 1.85. The number of anilines is 2. The van der Waals surface area contributed by atoms with Gasteiger partial charge in [0.25, 0.3) is 0 Å². The number of nitrogens with zero attached hydrogens (tertiary/aromatic N) is 3. The van der Waals surface area contributed by atoms with Crippen molar-refractivity contribution in [3.05, 3.63) is 65.2 Å². The van der Waals surface area contributed by atoms with Crippen LogP contribution in [0.25, 0.3) is 22.0 Å². The summed E-state index contributed by atoms with van der Waals surface area (Å²) in [6.45, 7) is 2.59. The Morgan fingerprint density at radius 3 is 2.77 bits per heavy atom. The monoisotopic (exact) mass is 490 g/mol. The lowest BCUT2D eigenvalue weighted by Crippen LogP contribution is -2.15. The Balaban J connectivity index is 1.45. The number of halogens is 1. The zero-order valence-electron chi connectivity index (χ0n) is 19.2. The second kappa shape index (κ2) is 9.31. The average molecular weight is 491 g/mol. The molecule has 0 fully saturated rings. The molecule has 0 radical (unpaired) electrons. The Bertz CT molecular complexity index is 1460. The Morgan fingerprint density at radius 2 is 1.97 bits per heavy atom. The number of benzene rings is 3. The molecule has 178 valence electrons. The number of aliphatic carboxylic acids is 1. The third-order valence-electron chi connectivity index (χ3n) is 5.79. The number of hydrogen-bond donors (Lipinski definition) is 2. The summed E-state index contributed by atoms with van der Waals surface area (Å²) in [6.07, 6.45) is 1.56. The highest BCUT2D eigenvalue weighted by Crippen LogP contribution is 2.40. The maximum atomic E-state index is 11.0. The fourth-order valence-electron chi connectivity index (χ4n) is 3.90. The van der Waals surface area contributed by atoms with Gasteiger partial charge < -0.3 is 19.9 Å². The van der Waals surface area contributed by atoms with E-state index in [1.807, 2.05) is 61.6 Å². The summed E-state index contributed by atoms with van der Waals surface area (Å²) in [6, 6.07) is 16.5. The highest BCUT2D eigenvalue weighted by atomic mass is 35.5. The molecule has 0 saturated carbocycles. The van der Waals surface area contributed by atoms with Gasteiger partial charge in [-0.05, 0) is 48.4 Å². The first-order valence-corrected chi connectivity index (χ1v) is 11.5. The van der Waals surface area contributed by atoms with E-state index in [-0.39, 0.29) is 0 Å². The first kappa shape index (κ1) is 22.7. The minimum atomic E-state index is -0.968. The minimum Gasteiger partial charge on any atom is -0.486 e. The molecular weight excluding hydrogens is 468 g/mol. The number of carbonyl (C=O) groups is 1. The van der Waals surface area contributed by atoms with E-state index in [4.69, 9.17) is 26.2 Å². The van der Waals surface area contributed by atoms with Crippen LogP contribution < -0.4 is 14.8 Å². The number of ether oxygens (including phenoxy) is 2. The summed E-state index contributed by atoms with van der Waals surface area (Å²) < 4.78 is 13.1. The predicted molar refractivity (Wildman–Crippen MR) is 137 cm³/mol. The van der Waals surface area contributed by atoms with Gasteiger partial charge in [0.1, 0.15) is 19.3 Å². The summed E-state index contributed by atoms with van der Waals surface area (Å²) in [5.41, 5.74) is 4.17. The number of aromatic nitrogens is 2. The quantitative estimate of drug-likeness (QED) is 0.356. The molecule has 8 nitrogen and oxygen atoms in total. The molecule has 0 unspecified atom stereocenters. The van der Waals surface area contributed by atoms with Crippen LogP contribution in [0, 0.1) is 0 Å². The van der Waals surface area contributed by atoms with Gasteiger partial charge >= 0.3 is 5.97 Å². The van der Waals surface area contributed by atoms with Gasteiger partial charge in [-0.3, -0.25) is 9.67 Å². The molecule has 4 aromatic rings. The van der Waals surface area contributed by atoms with E-state index >= 15 is 0 Å². The number of fused-ring (bicyclic) bond motifs is 2. The van der Waals surface area contributed by atoms with Gasteiger partial charge in [-0.2, -0.15) is 5.10 Å². The second-order valence-corrected chi connectivity index (χ2v) is 8.57. The topological polar surface area (TPSA) is 98.0 Å². The van der Waals surface area contributed by atoms with Crippen molar-refractivity contribution in [3.63, 3.8) is 0 Å². The molecule has 1 aliphatic heterocycles. The molecule has 5 rings (SSSR count). The Hall–Kier alpha value is -4.04.